The molecule has 0 aliphatic carbocycles. The minimum absolute atomic E-state index is 0.144. The van der Waals surface area contributed by atoms with E-state index in [9.17, 15) is 19.2 Å². The molecule has 33 heavy (non-hydrogen) atoms. The van der Waals surface area contributed by atoms with Crippen LogP contribution in [-0.4, -0.2) is 40.2 Å². The highest BCUT2D eigenvalue weighted by Crippen LogP contribution is 2.20. The molecule has 4 rings (SSSR count). The first-order valence-corrected chi connectivity index (χ1v) is 11.2. The molecule has 3 aromatic heterocycles. The highest BCUT2D eigenvalue weighted by Gasteiger charge is 2.22. The Kier molecular flexibility index (Phi) is 5.62. The van der Waals surface area contributed by atoms with Gasteiger partial charge in [-0.1, -0.05) is 30.0 Å². The number of aromatic nitrogens is 6. The van der Waals surface area contributed by atoms with E-state index in [-0.39, 0.29) is 29.0 Å². The predicted molar refractivity (Wildman–Crippen MR) is 126 cm³/mol. The number of rotatable bonds is 5. The highest BCUT2D eigenvalue weighted by molar-refractivity contribution is 7.98. The molecule has 0 unspecified atom stereocenters. The Hall–Kier alpha value is -3.80. The van der Waals surface area contributed by atoms with Gasteiger partial charge in [-0.25, -0.2) is 14.5 Å². The molecule has 0 aliphatic rings. The van der Waals surface area contributed by atoms with Crippen LogP contribution in [0.25, 0.3) is 16.9 Å². The van der Waals surface area contributed by atoms with E-state index in [4.69, 9.17) is 0 Å². The van der Waals surface area contributed by atoms with Gasteiger partial charge in [-0.3, -0.25) is 28.2 Å². The Morgan fingerprint density at radius 3 is 2.33 bits per heavy atom. The number of amides is 1. The van der Waals surface area contributed by atoms with Crippen LogP contribution in [0, 0.1) is 6.92 Å². The van der Waals surface area contributed by atoms with Crippen LogP contribution in [0.3, 0.4) is 0 Å². The topological polar surface area (TPSA) is 118 Å². The maximum atomic E-state index is 13.1. The van der Waals surface area contributed by atoms with Crippen LogP contribution >= 0.6 is 11.8 Å². The summed E-state index contributed by atoms with van der Waals surface area (Å²) in [5, 5.41) is 3.10. The molecule has 0 spiro atoms. The third kappa shape index (κ3) is 3.52. The van der Waals surface area contributed by atoms with Crippen LogP contribution in [0.4, 0.5) is 5.69 Å². The van der Waals surface area contributed by atoms with Gasteiger partial charge >= 0.3 is 5.69 Å². The number of carbonyl (C=O) groups is 1. The third-order valence-electron chi connectivity index (χ3n) is 5.62. The summed E-state index contributed by atoms with van der Waals surface area (Å²) < 4.78 is 6.84. The number of imidazole rings is 1. The molecule has 0 aliphatic heterocycles. The van der Waals surface area contributed by atoms with E-state index in [2.05, 4.69) is 10.3 Å². The molecule has 0 saturated heterocycles. The van der Waals surface area contributed by atoms with Crippen LogP contribution < -0.4 is 22.1 Å². The maximum Gasteiger partial charge on any atom is 0.332 e. The number of thioether (sulfide) groups is 1. The lowest BCUT2D eigenvalue weighted by molar-refractivity contribution is -0.116. The van der Waals surface area contributed by atoms with Crippen molar-refractivity contribution in [2.75, 3.05) is 11.6 Å². The molecule has 0 saturated carbocycles. The molecule has 12 heteroatoms. The number of benzene rings is 1. The van der Waals surface area contributed by atoms with Crippen molar-refractivity contribution in [3.8, 4) is 5.69 Å². The molecule has 4 aromatic rings. The van der Waals surface area contributed by atoms with Gasteiger partial charge in [-0.05, 0) is 25.3 Å². The van der Waals surface area contributed by atoms with Gasteiger partial charge in [-0.15, -0.1) is 0 Å². The molecule has 1 aromatic carbocycles. The van der Waals surface area contributed by atoms with Crippen molar-refractivity contribution in [1.29, 1.82) is 0 Å². The van der Waals surface area contributed by atoms with Crippen molar-refractivity contribution >= 4 is 34.5 Å². The quantitative estimate of drug-likeness (QED) is 0.428. The number of aryl methyl sites for hydroxylation is 1. The molecule has 172 valence electrons. The summed E-state index contributed by atoms with van der Waals surface area (Å²) in [6.45, 7) is 1.49. The lowest BCUT2D eigenvalue weighted by Crippen LogP contribution is -2.38. The highest BCUT2D eigenvalue weighted by atomic mass is 32.2. The first-order valence-electron chi connectivity index (χ1n) is 10.0. The fourth-order valence-corrected chi connectivity index (χ4v) is 4.32. The summed E-state index contributed by atoms with van der Waals surface area (Å²) in [5.41, 5.74) is 0.328. The standard InChI is InChI=1S/C21H23N7O4S/c1-12-15(18(30)28(26(12)4)13-9-7-6-8-10-13)22-14(29)11-27-16-17(23-20(27)33-5)24(2)21(32)25(3)19(16)31/h6-10H,11H2,1-5H3,(H,22,29). The Morgan fingerprint density at radius 2 is 1.70 bits per heavy atom. The number of carbonyl (C=O) groups excluding carboxylic acids is 1. The summed E-state index contributed by atoms with van der Waals surface area (Å²) in [5.74, 6) is -0.494. The molecule has 1 amide bonds. The van der Waals surface area contributed by atoms with Crippen molar-refractivity contribution in [2.24, 2.45) is 21.1 Å². The van der Waals surface area contributed by atoms with E-state index >= 15 is 0 Å². The normalized spacial score (nSPS) is 11.3. The average Bonchev–Trinajstić information content (AvgIpc) is 3.27. The smallest absolute Gasteiger partial charge is 0.318 e. The van der Waals surface area contributed by atoms with Gasteiger partial charge in [0.1, 0.15) is 12.2 Å². The minimum atomic E-state index is -0.545. The van der Waals surface area contributed by atoms with Crippen molar-refractivity contribution in [3.63, 3.8) is 0 Å². The van der Waals surface area contributed by atoms with Crippen molar-refractivity contribution in [2.45, 2.75) is 18.6 Å². The van der Waals surface area contributed by atoms with E-state index in [0.717, 1.165) is 4.57 Å². The van der Waals surface area contributed by atoms with Crippen molar-refractivity contribution < 1.29 is 4.79 Å². The number of anilines is 1. The number of nitrogens with zero attached hydrogens (tertiary/aromatic N) is 6. The minimum Gasteiger partial charge on any atom is -0.318 e. The number of hydrogen-bond acceptors (Lipinski definition) is 6. The predicted octanol–water partition coefficient (Wildman–Crippen LogP) is 0.592. The first-order chi connectivity index (χ1) is 15.7. The lowest BCUT2D eigenvalue weighted by Gasteiger charge is -2.09. The molecular formula is C21H23N7O4S. The molecule has 0 bridgehead atoms. The monoisotopic (exact) mass is 469 g/mol. The zero-order valence-electron chi connectivity index (χ0n) is 18.8. The van der Waals surface area contributed by atoms with Crippen molar-refractivity contribution in [1.82, 2.24) is 28.0 Å². The fourth-order valence-electron chi connectivity index (χ4n) is 3.76. The maximum absolute atomic E-state index is 13.1. The number of para-hydroxylation sites is 1. The van der Waals surface area contributed by atoms with Gasteiger partial charge < -0.3 is 9.88 Å². The number of nitrogens with one attached hydrogen (secondary N) is 1. The Bertz CT molecular complexity index is 1570. The number of hydrogen-bond donors (Lipinski definition) is 1. The Labute approximate surface area is 191 Å². The zero-order chi connectivity index (χ0) is 24.0. The molecule has 1 N–H and O–H groups in total. The first kappa shape index (κ1) is 22.4. The van der Waals surface area contributed by atoms with Gasteiger partial charge in [0.2, 0.25) is 5.91 Å². The van der Waals surface area contributed by atoms with Gasteiger partial charge in [-0.2, -0.15) is 0 Å². The molecule has 3 heterocycles. The van der Waals surface area contributed by atoms with Crippen LogP contribution in [0.2, 0.25) is 0 Å². The lowest BCUT2D eigenvalue weighted by atomic mass is 10.3. The average molecular weight is 470 g/mol. The third-order valence-corrected chi connectivity index (χ3v) is 6.29. The Balaban J connectivity index is 1.75. The fraction of sp³-hybridized carbons (Fsp3) is 0.286. The van der Waals surface area contributed by atoms with E-state index in [1.165, 1.54) is 39.7 Å². The van der Waals surface area contributed by atoms with Crippen LogP contribution in [-0.2, 0) is 32.5 Å². The summed E-state index contributed by atoms with van der Waals surface area (Å²) in [6.07, 6.45) is 1.76. The molecule has 0 radical (unpaired) electrons. The SMILES string of the molecule is CSc1nc2c(c(=O)n(C)c(=O)n2C)n1CC(=O)Nc1c(C)n(C)n(-c2ccccc2)c1=O. The molecular weight excluding hydrogens is 446 g/mol. The second-order valence-corrected chi connectivity index (χ2v) is 8.32. The van der Waals surface area contributed by atoms with Gasteiger partial charge in [0.25, 0.3) is 11.1 Å². The second kappa shape index (κ2) is 8.28. The largest absolute Gasteiger partial charge is 0.332 e. The van der Waals surface area contributed by atoms with Crippen LogP contribution in [0.1, 0.15) is 5.69 Å². The molecule has 11 nitrogen and oxygen atoms in total. The van der Waals surface area contributed by atoms with E-state index in [1.54, 1.807) is 37.0 Å². The summed E-state index contributed by atoms with van der Waals surface area (Å²) >= 11 is 1.25. The summed E-state index contributed by atoms with van der Waals surface area (Å²) in [6, 6.07) is 9.10. The van der Waals surface area contributed by atoms with Gasteiger partial charge in [0.15, 0.2) is 16.3 Å². The molecule has 0 fully saturated rings. The zero-order valence-corrected chi connectivity index (χ0v) is 19.6. The van der Waals surface area contributed by atoms with Gasteiger partial charge in [0, 0.05) is 21.1 Å². The second-order valence-electron chi connectivity index (χ2n) is 7.55. The van der Waals surface area contributed by atoms with Gasteiger partial charge in [0.05, 0.1) is 11.4 Å². The Morgan fingerprint density at radius 1 is 1.03 bits per heavy atom. The summed E-state index contributed by atoms with van der Waals surface area (Å²) in [7, 11) is 4.63. The summed E-state index contributed by atoms with van der Waals surface area (Å²) in [4.78, 5) is 55.5. The molecule has 0 atom stereocenters. The van der Waals surface area contributed by atoms with E-state index < -0.39 is 17.2 Å². The van der Waals surface area contributed by atoms with E-state index in [0.29, 0.717) is 16.5 Å². The van der Waals surface area contributed by atoms with Crippen LogP contribution in [0.15, 0.2) is 49.9 Å². The van der Waals surface area contributed by atoms with Crippen LogP contribution in [0.5, 0.6) is 0 Å². The van der Waals surface area contributed by atoms with E-state index in [1.807, 2.05) is 18.2 Å². The van der Waals surface area contributed by atoms with Crippen molar-refractivity contribution in [3.05, 3.63) is 67.2 Å². The number of fused-ring (bicyclic) bond motifs is 1.